The summed E-state index contributed by atoms with van der Waals surface area (Å²) >= 11 is 0. The summed E-state index contributed by atoms with van der Waals surface area (Å²) in [5.41, 5.74) is 4.18. The lowest BCUT2D eigenvalue weighted by Gasteiger charge is -2.29. The molecule has 168 valence electrons. The smallest absolute Gasteiger partial charge is 0.237 e. The molecule has 0 radical (unpaired) electrons. The van der Waals surface area contributed by atoms with Gasteiger partial charge in [0.25, 0.3) is 0 Å². The van der Waals surface area contributed by atoms with E-state index in [0.717, 1.165) is 52.7 Å². The first-order chi connectivity index (χ1) is 14.9. The third-order valence-electron chi connectivity index (χ3n) is 6.86. The van der Waals surface area contributed by atoms with Gasteiger partial charge in [-0.2, -0.15) is 0 Å². The van der Waals surface area contributed by atoms with Crippen LogP contribution in [0.5, 0.6) is 0 Å². The number of rotatable bonds is 8. The quantitative estimate of drug-likeness (QED) is 0.636. The molecule has 2 aliphatic rings. The number of carbonyl (C=O) groups is 2. The lowest BCUT2D eigenvalue weighted by molar-refractivity contribution is -0.124. The van der Waals surface area contributed by atoms with Gasteiger partial charge >= 0.3 is 0 Å². The van der Waals surface area contributed by atoms with Crippen molar-refractivity contribution < 1.29 is 19.1 Å². The van der Waals surface area contributed by atoms with E-state index in [2.05, 4.69) is 31.0 Å². The van der Waals surface area contributed by atoms with Crippen molar-refractivity contribution in [1.82, 2.24) is 4.98 Å². The van der Waals surface area contributed by atoms with Gasteiger partial charge in [-0.05, 0) is 61.3 Å². The van der Waals surface area contributed by atoms with Crippen LogP contribution in [-0.2, 0) is 26.1 Å². The maximum Gasteiger partial charge on any atom is 0.237 e. The first-order valence-electron chi connectivity index (χ1n) is 11.4. The summed E-state index contributed by atoms with van der Waals surface area (Å²) in [5.74, 6) is 0.683. The zero-order valence-corrected chi connectivity index (χ0v) is 19.2. The van der Waals surface area contributed by atoms with Crippen LogP contribution in [0.2, 0.25) is 0 Å². The van der Waals surface area contributed by atoms with Gasteiger partial charge in [-0.3, -0.25) is 9.59 Å². The highest BCUT2D eigenvalue weighted by atomic mass is 16.5. The fraction of sp³-hybridized carbons (Fsp3) is 0.600. The van der Waals surface area contributed by atoms with Gasteiger partial charge in [-0.1, -0.05) is 13.8 Å². The molecule has 1 aromatic heterocycles. The molecule has 0 bridgehead atoms. The monoisotopic (exact) mass is 426 g/mol. The van der Waals surface area contributed by atoms with Crippen molar-refractivity contribution in [2.24, 2.45) is 5.92 Å². The van der Waals surface area contributed by atoms with Gasteiger partial charge in [-0.15, -0.1) is 0 Å². The molecule has 0 saturated carbocycles. The lowest BCUT2D eigenvalue weighted by atomic mass is 9.76. The number of Topliss-reactive ketones (excluding diaryl/α,β-unsaturated/α-hetero) is 1. The molecule has 0 spiro atoms. The van der Waals surface area contributed by atoms with E-state index >= 15 is 0 Å². The van der Waals surface area contributed by atoms with E-state index in [4.69, 9.17) is 9.47 Å². The molecule has 1 aliphatic heterocycles. The van der Waals surface area contributed by atoms with Gasteiger partial charge in [0, 0.05) is 57.0 Å². The second-order valence-electron chi connectivity index (χ2n) is 9.40. The Morgan fingerprint density at radius 2 is 1.74 bits per heavy atom. The molecule has 0 unspecified atom stereocenters. The predicted octanol–water partition coefficient (Wildman–Crippen LogP) is 4.39. The second-order valence-corrected chi connectivity index (χ2v) is 9.40. The highest BCUT2D eigenvalue weighted by Gasteiger charge is 2.50. The highest BCUT2D eigenvalue weighted by Crippen LogP contribution is 2.49. The van der Waals surface area contributed by atoms with Crippen molar-refractivity contribution in [2.45, 2.75) is 57.8 Å². The summed E-state index contributed by atoms with van der Waals surface area (Å²) in [4.78, 5) is 31.9. The summed E-state index contributed by atoms with van der Waals surface area (Å²) in [6, 6.07) is 4.27. The van der Waals surface area contributed by atoms with Gasteiger partial charge in [0.15, 0.2) is 5.78 Å². The third-order valence-corrected chi connectivity index (χ3v) is 6.86. The number of methoxy groups -OCH3 is 2. The number of amides is 1. The lowest BCUT2D eigenvalue weighted by Crippen LogP contribution is -2.43. The minimum Gasteiger partial charge on any atom is -0.385 e. The number of benzene rings is 1. The Bertz CT molecular complexity index is 983. The predicted molar refractivity (Wildman–Crippen MR) is 122 cm³/mol. The number of hydrogen-bond acceptors (Lipinski definition) is 4. The number of anilines is 1. The van der Waals surface area contributed by atoms with E-state index in [0.29, 0.717) is 44.9 Å². The van der Waals surface area contributed by atoms with Gasteiger partial charge < -0.3 is 19.4 Å². The second kappa shape index (κ2) is 8.75. The van der Waals surface area contributed by atoms with E-state index in [9.17, 15) is 9.59 Å². The molecule has 1 aromatic carbocycles. The van der Waals surface area contributed by atoms with E-state index in [-0.39, 0.29) is 11.7 Å². The number of ether oxygens (including phenoxy) is 2. The molecular formula is C25H34N2O4. The minimum absolute atomic E-state index is 0.139. The number of nitrogens with one attached hydrogen (secondary N) is 1. The Kier molecular flexibility index (Phi) is 6.22. The number of fused-ring (bicyclic) bond motifs is 4. The Morgan fingerprint density at radius 3 is 2.39 bits per heavy atom. The molecule has 4 rings (SSSR count). The number of aromatic amines is 1. The third kappa shape index (κ3) is 3.70. The fourth-order valence-corrected chi connectivity index (χ4v) is 5.29. The van der Waals surface area contributed by atoms with Crippen molar-refractivity contribution in [3.63, 3.8) is 0 Å². The van der Waals surface area contributed by atoms with E-state index in [1.54, 1.807) is 14.2 Å². The summed E-state index contributed by atoms with van der Waals surface area (Å²) in [6.07, 6.45) is 4.67. The van der Waals surface area contributed by atoms with Crippen LogP contribution in [0.1, 0.15) is 67.6 Å². The molecule has 2 aromatic rings. The molecule has 6 nitrogen and oxygen atoms in total. The first-order valence-corrected chi connectivity index (χ1v) is 11.4. The summed E-state index contributed by atoms with van der Waals surface area (Å²) in [7, 11) is 3.35. The Balaban J connectivity index is 1.92. The molecule has 1 amide bonds. The molecule has 0 fully saturated rings. The topological polar surface area (TPSA) is 71.6 Å². The van der Waals surface area contributed by atoms with Crippen LogP contribution in [0.3, 0.4) is 0 Å². The van der Waals surface area contributed by atoms with Gasteiger partial charge in [0.1, 0.15) is 0 Å². The normalized spacial score (nSPS) is 18.0. The maximum absolute atomic E-state index is 13.9. The van der Waals surface area contributed by atoms with Crippen LogP contribution in [0.15, 0.2) is 12.1 Å². The molecule has 31 heavy (non-hydrogen) atoms. The molecule has 1 N–H and O–H groups in total. The average Bonchev–Trinajstić information content (AvgIpc) is 3.12. The van der Waals surface area contributed by atoms with Gasteiger partial charge in [0.05, 0.1) is 11.1 Å². The fourth-order valence-electron chi connectivity index (χ4n) is 5.29. The highest BCUT2D eigenvalue weighted by molar-refractivity contribution is 6.11. The standard InChI is InChI=1S/C25H34N2O4/c1-16(2)15-27-21-13-18-17-7-5-6-8-22(28)23(17)26-20(18)14-19(21)25(24(27)29,9-11-30-3)10-12-31-4/h13-14,16,26H,5-12,15H2,1-4H3. The van der Waals surface area contributed by atoms with Crippen molar-refractivity contribution in [3.05, 3.63) is 29.0 Å². The molecule has 2 heterocycles. The number of ketones is 1. The molecule has 0 atom stereocenters. The molecule has 0 saturated heterocycles. The molecule has 6 heteroatoms. The maximum atomic E-state index is 13.9. The number of aromatic nitrogens is 1. The number of H-pyrrole nitrogens is 1. The average molecular weight is 427 g/mol. The van der Waals surface area contributed by atoms with E-state index in [1.165, 1.54) is 0 Å². The number of hydrogen-bond donors (Lipinski definition) is 1. The number of nitrogens with zero attached hydrogens (tertiary/aromatic N) is 1. The van der Waals surface area contributed by atoms with E-state index < -0.39 is 5.41 Å². The SMILES string of the molecule is COCCC1(CCOC)C(=O)N(CC(C)C)c2cc3c4c([nH]c3cc21)C(=O)CCCC4. The molecule has 1 aliphatic carbocycles. The van der Waals surface area contributed by atoms with Crippen LogP contribution < -0.4 is 4.90 Å². The van der Waals surface area contributed by atoms with Crippen LogP contribution >= 0.6 is 0 Å². The molecular weight excluding hydrogens is 392 g/mol. The Labute approximate surface area is 184 Å². The zero-order valence-electron chi connectivity index (χ0n) is 19.2. The van der Waals surface area contributed by atoms with Crippen LogP contribution in [0.25, 0.3) is 10.9 Å². The van der Waals surface area contributed by atoms with Crippen LogP contribution in [0, 0.1) is 5.92 Å². The van der Waals surface area contributed by atoms with Crippen molar-refractivity contribution in [1.29, 1.82) is 0 Å². The minimum atomic E-state index is -0.670. The zero-order chi connectivity index (χ0) is 22.2. The Hall–Kier alpha value is -2.18. The van der Waals surface area contributed by atoms with Gasteiger partial charge in [-0.25, -0.2) is 0 Å². The Morgan fingerprint density at radius 1 is 1.06 bits per heavy atom. The van der Waals surface area contributed by atoms with Crippen molar-refractivity contribution in [2.75, 3.05) is 38.9 Å². The number of aryl methyl sites for hydroxylation is 1. The van der Waals surface area contributed by atoms with Crippen molar-refractivity contribution in [3.8, 4) is 0 Å². The summed E-state index contributed by atoms with van der Waals surface area (Å²) in [6.45, 7) is 5.95. The first kappa shape index (κ1) is 22.0. The van der Waals surface area contributed by atoms with Crippen LogP contribution in [0.4, 0.5) is 5.69 Å². The summed E-state index contributed by atoms with van der Waals surface area (Å²) < 4.78 is 10.8. The van der Waals surface area contributed by atoms with Crippen LogP contribution in [-0.4, -0.2) is 50.7 Å². The largest absolute Gasteiger partial charge is 0.385 e. The number of carbonyl (C=O) groups excluding carboxylic acids is 2. The van der Waals surface area contributed by atoms with Crippen molar-refractivity contribution >= 4 is 28.3 Å². The summed E-state index contributed by atoms with van der Waals surface area (Å²) in [5, 5.41) is 1.08. The van der Waals surface area contributed by atoms with Gasteiger partial charge in [0.2, 0.25) is 5.91 Å². The van der Waals surface area contributed by atoms with E-state index in [1.807, 2.05) is 4.90 Å².